The molecule has 0 aliphatic carbocycles. The molecular formula is C16H26N2. The van der Waals surface area contributed by atoms with Crippen molar-refractivity contribution in [1.29, 1.82) is 0 Å². The van der Waals surface area contributed by atoms with Crippen molar-refractivity contribution >= 4 is 5.69 Å². The first-order chi connectivity index (χ1) is 8.69. The maximum Gasteiger partial charge on any atom is 0.0372 e. The Balaban J connectivity index is 2.14. The summed E-state index contributed by atoms with van der Waals surface area (Å²) in [6.45, 7) is 10.1. The second-order valence-electron chi connectivity index (χ2n) is 5.59. The third-order valence-corrected chi connectivity index (χ3v) is 3.69. The van der Waals surface area contributed by atoms with Crippen molar-refractivity contribution in [2.75, 3.05) is 24.5 Å². The Kier molecular flexibility index (Phi) is 4.65. The van der Waals surface area contributed by atoms with Gasteiger partial charge in [0.1, 0.15) is 0 Å². The Morgan fingerprint density at radius 1 is 1.22 bits per heavy atom. The van der Waals surface area contributed by atoms with E-state index in [0.29, 0.717) is 6.04 Å². The molecule has 1 heterocycles. The van der Waals surface area contributed by atoms with E-state index in [1.54, 1.807) is 0 Å². The van der Waals surface area contributed by atoms with Gasteiger partial charge in [0.25, 0.3) is 0 Å². The Bertz CT molecular complexity index is 366. The number of aryl methyl sites for hydroxylation is 2. The number of nitrogens with zero attached hydrogens (tertiary/aromatic N) is 1. The van der Waals surface area contributed by atoms with Gasteiger partial charge in [0, 0.05) is 24.8 Å². The topological polar surface area (TPSA) is 15.3 Å². The summed E-state index contributed by atoms with van der Waals surface area (Å²) < 4.78 is 0. The van der Waals surface area contributed by atoms with Gasteiger partial charge < -0.3 is 10.2 Å². The van der Waals surface area contributed by atoms with Crippen molar-refractivity contribution in [3.8, 4) is 0 Å². The molecule has 2 heteroatoms. The number of hydrogen-bond donors (Lipinski definition) is 1. The van der Waals surface area contributed by atoms with E-state index >= 15 is 0 Å². The molecule has 0 saturated carbocycles. The Labute approximate surface area is 111 Å². The van der Waals surface area contributed by atoms with Gasteiger partial charge in [-0.2, -0.15) is 0 Å². The lowest BCUT2D eigenvalue weighted by atomic mass is 10.1. The minimum Gasteiger partial charge on any atom is -0.370 e. The van der Waals surface area contributed by atoms with Crippen LogP contribution in [0, 0.1) is 13.8 Å². The molecule has 18 heavy (non-hydrogen) atoms. The highest BCUT2D eigenvalue weighted by atomic mass is 15.2. The molecule has 0 bridgehead atoms. The van der Waals surface area contributed by atoms with E-state index in [4.69, 9.17) is 0 Å². The SMILES string of the molecule is CCCC1CN(c2cc(C)cc(C)c2)CCCN1. The molecule has 0 radical (unpaired) electrons. The third kappa shape index (κ3) is 3.49. The van der Waals surface area contributed by atoms with E-state index in [-0.39, 0.29) is 0 Å². The van der Waals surface area contributed by atoms with Gasteiger partial charge >= 0.3 is 0 Å². The molecule has 100 valence electrons. The molecule has 0 aromatic heterocycles. The van der Waals surface area contributed by atoms with Crippen molar-refractivity contribution in [3.05, 3.63) is 29.3 Å². The lowest BCUT2D eigenvalue weighted by Gasteiger charge is -2.27. The first-order valence-electron chi connectivity index (χ1n) is 7.25. The summed E-state index contributed by atoms with van der Waals surface area (Å²) in [6, 6.07) is 7.55. The van der Waals surface area contributed by atoms with Gasteiger partial charge in [-0.3, -0.25) is 0 Å². The molecule has 1 aliphatic rings. The molecule has 0 spiro atoms. The van der Waals surface area contributed by atoms with E-state index in [2.05, 4.69) is 49.2 Å². The molecule has 1 fully saturated rings. The first kappa shape index (κ1) is 13.4. The van der Waals surface area contributed by atoms with E-state index < -0.39 is 0 Å². The third-order valence-electron chi connectivity index (χ3n) is 3.69. The standard InChI is InChI=1S/C16H26N2/c1-4-6-15-12-18(8-5-7-17-15)16-10-13(2)9-14(3)11-16/h9-11,15,17H,4-8,12H2,1-3H3. The van der Waals surface area contributed by atoms with Crippen LogP contribution in [0.25, 0.3) is 0 Å². The molecule has 1 aromatic rings. The van der Waals surface area contributed by atoms with Crippen molar-refractivity contribution in [2.24, 2.45) is 0 Å². The first-order valence-corrected chi connectivity index (χ1v) is 7.25. The Morgan fingerprint density at radius 2 is 1.94 bits per heavy atom. The van der Waals surface area contributed by atoms with E-state index in [1.165, 1.54) is 42.6 Å². The minimum atomic E-state index is 0.651. The maximum absolute atomic E-state index is 3.67. The van der Waals surface area contributed by atoms with Gasteiger partial charge in [-0.1, -0.05) is 19.4 Å². The fraction of sp³-hybridized carbons (Fsp3) is 0.625. The second-order valence-corrected chi connectivity index (χ2v) is 5.59. The number of benzene rings is 1. The summed E-state index contributed by atoms with van der Waals surface area (Å²) in [4.78, 5) is 2.56. The van der Waals surface area contributed by atoms with Crippen molar-refractivity contribution in [2.45, 2.75) is 46.1 Å². The second kappa shape index (κ2) is 6.24. The molecule has 2 nitrogen and oxygen atoms in total. The number of anilines is 1. The summed E-state index contributed by atoms with van der Waals surface area (Å²) in [5.41, 5.74) is 4.14. The summed E-state index contributed by atoms with van der Waals surface area (Å²) in [6.07, 6.45) is 3.78. The molecule has 1 aromatic carbocycles. The van der Waals surface area contributed by atoms with Crippen LogP contribution in [0.4, 0.5) is 5.69 Å². The summed E-state index contributed by atoms with van der Waals surface area (Å²) in [7, 11) is 0. The van der Waals surface area contributed by atoms with Crippen molar-refractivity contribution in [3.63, 3.8) is 0 Å². The van der Waals surface area contributed by atoms with Crippen LogP contribution in [0.15, 0.2) is 18.2 Å². The molecule has 1 saturated heterocycles. The molecule has 1 unspecified atom stereocenters. The van der Waals surface area contributed by atoms with Crippen LogP contribution < -0.4 is 10.2 Å². The lowest BCUT2D eigenvalue weighted by Crippen LogP contribution is -2.37. The smallest absolute Gasteiger partial charge is 0.0372 e. The number of hydrogen-bond acceptors (Lipinski definition) is 2. The zero-order chi connectivity index (χ0) is 13.0. The molecule has 1 aliphatic heterocycles. The average molecular weight is 246 g/mol. The van der Waals surface area contributed by atoms with Crippen LogP contribution in [0.1, 0.15) is 37.3 Å². The molecule has 1 atom stereocenters. The average Bonchev–Trinajstić information content (AvgIpc) is 2.54. The van der Waals surface area contributed by atoms with Gasteiger partial charge in [-0.05, 0) is 56.5 Å². The molecule has 1 N–H and O–H groups in total. The highest BCUT2D eigenvalue weighted by Gasteiger charge is 2.17. The van der Waals surface area contributed by atoms with Crippen molar-refractivity contribution in [1.82, 2.24) is 5.32 Å². The van der Waals surface area contributed by atoms with E-state index in [1.807, 2.05) is 0 Å². The maximum atomic E-state index is 3.67. The minimum absolute atomic E-state index is 0.651. The van der Waals surface area contributed by atoms with Crippen LogP contribution in [-0.4, -0.2) is 25.7 Å². The molecule has 0 amide bonds. The van der Waals surface area contributed by atoms with Gasteiger partial charge in [-0.15, -0.1) is 0 Å². The van der Waals surface area contributed by atoms with Crippen LogP contribution >= 0.6 is 0 Å². The fourth-order valence-corrected chi connectivity index (χ4v) is 2.91. The van der Waals surface area contributed by atoms with Crippen LogP contribution in [0.3, 0.4) is 0 Å². The quantitative estimate of drug-likeness (QED) is 0.880. The van der Waals surface area contributed by atoms with Crippen molar-refractivity contribution < 1.29 is 0 Å². The largest absolute Gasteiger partial charge is 0.370 e. The Hall–Kier alpha value is -1.02. The predicted molar refractivity (Wildman–Crippen MR) is 79.4 cm³/mol. The Morgan fingerprint density at radius 3 is 2.61 bits per heavy atom. The van der Waals surface area contributed by atoms with Gasteiger partial charge in [0.2, 0.25) is 0 Å². The highest BCUT2D eigenvalue weighted by molar-refractivity contribution is 5.51. The zero-order valence-corrected chi connectivity index (χ0v) is 12.0. The zero-order valence-electron chi connectivity index (χ0n) is 12.0. The van der Waals surface area contributed by atoms with Gasteiger partial charge in [0.15, 0.2) is 0 Å². The normalized spacial score (nSPS) is 20.8. The molecular weight excluding hydrogens is 220 g/mol. The summed E-state index contributed by atoms with van der Waals surface area (Å²) in [5.74, 6) is 0. The fourth-order valence-electron chi connectivity index (χ4n) is 2.91. The monoisotopic (exact) mass is 246 g/mol. The van der Waals surface area contributed by atoms with Crippen LogP contribution in [0.5, 0.6) is 0 Å². The van der Waals surface area contributed by atoms with Crippen LogP contribution in [0.2, 0.25) is 0 Å². The van der Waals surface area contributed by atoms with Gasteiger partial charge in [-0.25, -0.2) is 0 Å². The van der Waals surface area contributed by atoms with Crippen LogP contribution in [-0.2, 0) is 0 Å². The number of rotatable bonds is 3. The lowest BCUT2D eigenvalue weighted by molar-refractivity contribution is 0.502. The predicted octanol–water partition coefficient (Wildman–Crippen LogP) is 3.27. The van der Waals surface area contributed by atoms with E-state index in [0.717, 1.165) is 13.1 Å². The summed E-state index contributed by atoms with van der Waals surface area (Å²) in [5, 5.41) is 3.67. The summed E-state index contributed by atoms with van der Waals surface area (Å²) >= 11 is 0. The highest BCUT2D eigenvalue weighted by Crippen LogP contribution is 2.21. The molecule has 2 rings (SSSR count). The number of nitrogens with one attached hydrogen (secondary N) is 1. The van der Waals surface area contributed by atoms with Gasteiger partial charge in [0.05, 0.1) is 0 Å². The van der Waals surface area contributed by atoms with E-state index in [9.17, 15) is 0 Å².